The molecule has 0 aliphatic rings. The van der Waals surface area contributed by atoms with Gasteiger partial charge in [0.2, 0.25) is 0 Å². The SMILES string of the molecule is C=CC(=O)O.C=CC(=O)O.FC(F)C(F)(F)C(F)F. The molecule has 0 saturated heterocycles. The van der Waals surface area contributed by atoms with Gasteiger partial charge in [-0.05, 0) is 0 Å². The van der Waals surface area contributed by atoms with Crippen LogP contribution in [0.2, 0.25) is 0 Å². The maximum absolute atomic E-state index is 11.2. The van der Waals surface area contributed by atoms with Crippen molar-refractivity contribution in [2.24, 2.45) is 0 Å². The van der Waals surface area contributed by atoms with Crippen LogP contribution in [0.3, 0.4) is 0 Å². The van der Waals surface area contributed by atoms with Gasteiger partial charge in [-0.3, -0.25) is 0 Å². The highest BCUT2D eigenvalue weighted by atomic mass is 19.3. The van der Waals surface area contributed by atoms with Crippen LogP contribution in [0, 0.1) is 0 Å². The van der Waals surface area contributed by atoms with E-state index >= 15 is 0 Å². The Morgan fingerprint density at radius 1 is 0.895 bits per heavy atom. The molecule has 0 unspecified atom stereocenters. The summed E-state index contributed by atoms with van der Waals surface area (Å²) in [5, 5.41) is 15.2. The highest BCUT2D eigenvalue weighted by molar-refractivity contribution is 5.79. The smallest absolute Gasteiger partial charge is 0.366 e. The Hall–Kier alpha value is -2.00. The van der Waals surface area contributed by atoms with E-state index in [4.69, 9.17) is 10.2 Å². The van der Waals surface area contributed by atoms with Crippen LogP contribution in [0.15, 0.2) is 25.3 Å². The van der Waals surface area contributed by atoms with E-state index in [9.17, 15) is 35.9 Å². The summed E-state index contributed by atoms with van der Waals surface area (Å²) in [5.74, 6) is -7.13. The van der Waals surface area contributed by atoms with E-state index in [-0.39, 0.29) is 0 Å². The molecule has 0 radical (unpaired) electrons. The number of carboxylic acids is 2. The standard InChI is InChI=1S/C3H2F6.2C3H4O2/c4-1(5)3(8,9)2(6)7;2*1-2-3(4)5/h1-2H;2*2H,1H2,(H,4,5). The van der Waals surface area contributed by atoms with Crippen LogP contribution >= 0.6 is 0 Å². The predicted molar refractivity (Wildman–Crippen MR) is 52.6 cm³/mol. The highest BCUT2D eigenvalue weighted by Gasteiger charge is 2.50. The van der Waals surface area contributed by atoms with E-state index in [1.807, 2.05) is 0 Å². The summed E-state index contributed by atoms with van der Waals surface area (Å²) in [6.45, 7) is 5.92. The number of hydrogen-bond donors (Lipinski definition) is 2. The molecule has 19 heavy (non-hydrogen) atoms. The molecule has 0 fully saturated rings. The lowest BCUT2D eigenvalue weighted by atomic mass is 10.4. The molecule has 0 spiro atoms. The van der Waals surface area contributed by atoms with Crippen LogP contribution in [0.1, 0.15) is 0 Å². The van der Waals surface area contributed by atoms with Crippen LogP contribution in [0.4, 0.5) is 26.3 Å². The minimum atomic E-state index is -5.17. The molecule has 0 heterocycles. The number of rotatable bonds is 4. The first-order valence-electron chi connectivity index (χ1n) is 4.08. The zero-order valence-electron chi connectivity index (χ0n) is 9.20. The minimum absolute atomic E-state index is 0.833. The first kappa shape index (κ1) is 22.2. The fraction of sp³-hybridized carbons (Fsp3) is 0.333. The van der Waals surface area contributed by atoms with Gasteiger partial charge < -0.3 is 10.2 Å². The third-order valence-electron chi connectivity index (χ3n) is 0.931. The van der Waals surface area contributed by atoms with E-state index in [1.165, 1.54) is 0 Å². The van der Waals surface area contributed by atoms with E-state index in [2.05, 4.69) is 13.2 Å². The monoisotopic (exact) mass is 296 g/mol. The minimum Gasteiger partial charge on any atom is -0.478 e. The van der Waals surface area contributed by atoms with Crippen molar-refractivity contribution in [3.63, 3.8) is 0 Å². The number of carboxylic acid groups (broad SMARTS) is 2. The largest absolute Gasteiger partial charge is 0.478 e. The summed E-state index contributed by atoms with van der Waals surface area (Å²) >= 11 is 0. The zero-order valence-corrected chi connectivity index (χ0v) is 9.20. The zero-order chi connectivity index (χ0) is 16.2. The summed E-state index contributed by atoms with van der Waals surface area (Å²) in [7, 11) is 0. The third-order valence-corrected chi connectivity index (χ3v) is 0.931. The van der Waals surface area contributed by atoms with Crippen LogP contribution in [0.25, 0.3) is 0 Å². The fourth-order valence-electron chi connectivity index (χ4n) is 0.0952. The van der Waals surface area contributed by atoms with Gasteiger partial charge in [0.1, 0.15) is 0 Å². The van der Waals surface area contributed by atoms with Gasteiger partial charge >= 0.3 is 30.7 Å². The number of hydrogen-bond acceptors (Lipinski definition) is 2. The third kappa shape index (κ3) is 16.0. The fourth-order valence-corrected chi connectivity index (χ4v) is 0.0952. The second-order valence-corrected chi connectivity index (χ2v) is 2.36. The maximum atomic E-state index is 11.2. The summed E-state index contributed by atoms with van der Waals surface area (Å²) < 4.78 is 65.7. The van der Waals surface area contributed by atoms with Crippen LogP contribution < -0.4 is 0 Å². The summed E-state index contributed by atoms with van der Waals surface area (Å²) in [5.41, 5.74) is 0. The molecule has 0 aliphatic carbocycles. The topological polar surface area (TPSA) is 74.6 Å². The van der Waals surface area contributed by atoms with Crippen LogP contribution in [-0.4, -0.2) is 40.9 Å². The molecule has 2 N–H and O–H groups in total. The van der Waals surface area contributed by atoms with Crippen molar-refractivity contribution in [1.82, 2.24) is 0 Å². The Bertz CT molecular complexity index is 275. The number of aliphatic carboxylic acids is 2. The highest BCUT2D eigenvalue weighted by Crippen LogP contribution is 2.29. The van der Waals surface area contributed by atoms with Gasteiger partial charge in [-0.1, -0.05) is 13.2 Å². The Morgan fingerprint density at radius 2 is 1.05 bits per heavy atom. The van der Waals surface area contributed by atoms with Gasteiger partial charge in [0.05, 0.1) is 0 Å². The van der Waals surface area contributed by atoms with Crippen molar-refractivity contribution in [2.75, 3.05) is 0 Å². The Labute approximate surface area is 103 Å². The molecule has 112 valence electrons. The molecule has 0 amide bonds. The predicted octanol–water partition coefficient (Wildman–Crippen LogP) is 2.67. The molecule has 0 atom stereocenters. The van der Waals surface area contributed by atoms with Crippen molar-refractivity contribution in [2.45, 2.75) is 18.8 Å². The molecule has 0 saturated carbocycles. The summed E-state index contributed by atoms with van der Waals surface area (Å²) in [4.78, 5) is 18.5. The Balaban J connectivity index is -0.000000219. The molecular weight excluding hydrogens is 286 g/mol. The van der Waals surface area contributed by atoms with Gasteiger partial charge in [-0.25, -0.2) is 27.2 Å². The lowest BCUT2D eigenvalue weighted by Crippen LogP contribution is -2.34. The molecule has 0 bridgehead atoms. The number of halogens is 6. The van der Waals surface area contributed by atoms with Crippen LogP contribution in [-0.2, 0) is 9.59 Å². The first-order valence-corrected chi connectivity index (χ1v) is 4.08. The van der Waals surface area contributed by atoms with Crippen molar-refractivity contribution >= 4 is 11.9 Å². The lowest BCUT2D eigenvalue weighted by molar-refractivity contribution is -0.205. The summed E-state index contributed by atoms with van der Waals surface area (Å²) in [6, 6.07) is 0. The second kappa shape index (κ2) is 11.1. The van der Waals surface area contributed by atoms with Gasteiger partial charge in [0, 0.05) is 12.2 Å². The van der Waals surface area contributed by atoms with E-state index in [1.54, 1.807) is 0 Å². The summed E-state index contributed by atoms with van der Waals surface area (Å²) in [6.07, 6.45) is -6.92. The average Bonchev–Trinajstić information content (AvgIpc) is 2.29. The van der Waals surface area contributed by atoms with Crippen molar-refractivity contribution in [3.8, 4) is 0 Å². The maximum Gasteiger partial charge on any atom is 0.366 e. The Morgan fingerprint density at radius 3 is 1.05 bits per heavy atom. The Kier molecular flexibility index (Phi) is 13.0. The molecule has 0 aromatic carbocycles. The van der Waals surface area contributed by atoms with Gasteiger partial charge in [-0.2, -0.15) is 8.78 Å². The van der Waals surface area contributed by atoms with Crippen LogP contribution in [0.5, 0.6) is 0 Å². The van der Waals surface area contributed by atoms with Gasteiger partial charge in [0.15, 0.2) is 0 Å². The second-order valence-electron chi connectivity index (χ2n) is 2.36. The van der Waals surface area contributed by atoms with Gasteiger partial charge in [-0.15, -0.1) is 0 Å². The number of alkyl halides is 6. The molecule has 4 nitrogen and oxygen atoms in total. The normalized spacial score (nSPS) is 9.68. The average molecular weight is 296 g/mol. The quantitative estimate of drug-likeness (QED) is 0.618. The molecule has 0 aromatic heterocycles. The van der Waals surface area contributed by atoms with E-state index in [0.29, 0.717) is 0 Å². The lowest BCUT2D eigenvalue weighted by Gasteiger charge is -2.12. The first-order chi connectivity index (χ1) is 8.43. The van der Waals surface area contributed by atoms with Crippen molar-refractivity contribution < 1.29 is 46.1 Å². The van der Waals surface area contributed by atoms with Gasteiger partial charge in [0.25, 0.3) is 0 Å². The molecule has 0 rings (SSSR count). The molecule has 10 heteroatoms. The van der Waals surface area contributed by atoms with Crippen molar-refractivity contribution in [3.05, 3.63) is 25.3 Å². The number of carbonyl (C=O) groups is 2. The van der Waals surface area contributed by atoms with E-state index in [0.717, 1.165) is 12.2 Å². The molecule has 0 aliphatic heterocycles. The molecule has 0 aromatic rings. The molecular formula is C9H10F6O4. The van der Waals surface area contributed by atoms with Crippen molar-refractivity contribution in [1.29, 1.82) is 0 Å². The van der Waals surface area contributed by atoms with E-state index < -0.39 is 30.7 Å².